The van der Waals surface area contributed by atoms with Crippen LogP contribution < -0.4 is 20.8 Å². The second kappa shape index (κ2) is 12.5. The molecule has 2 aromatic rings. The Morgan fingerprint density at radius 2 is 1.89 bits per heavy atom. The highest BCUT2D eigenvalue weighted by Gasteiger charge is 2.30. The van der Waals surface area contributed by atoms with Crippen LogP contribution in [0.25, 0.3) is 10.9 Å². The van der Waals surface area contributed by atoms with Crippen molar-refractivity contribution in [3.8, 4) is 5.75 Å². The first-order valence-corrected chi connectivity index (χ1v) is 11.4. The number of carbonyl (C=O) groups is 5. The van der Waals surface area contributed by atoms with Crippen molar-refractivity contribution in [2.45, 2.75) is 34.1 Å². The van der Waals surface area contributed by atoms with E-state index < -0.39 is 36.0 Å². The van der Waals surface area contributed by atoms with E-state index in [0.29, 0.717) is 29.6 Å². The number of amides is 4. The van der Waals surface area contributed by atoms with Gasteiger partial charge in [-0.3, -0.25) is 29.4 Å². The predicted octanol–water partition coefficient (Wildman–Crippen LogP) is 1.15. The van der Waals surface area contributed by atoms with Crippen molar-refractivity contribution in [1.82, 2.24) is 26.1 Å². The second-order valence-electron chi connectivity index (χ2n) is 8.80. The van der Waals surface area contributed by atoms with E-state index in [9.17, 15) is 24.0 Å². The van der Waals surface area contributed by atoms with Crippen LogP contribution in [0.1, 0.15) is 44.6 Å². The summed E-state index contributed by atoms with van der Waals surface area (Å²) in [5.74, 6) is -2.32. The third-order valence-electron chi connectivity index (χ3n) is 4.87. The molecule has 1 aromatic carbocycles. The Hall–Kier alpha value is -3.89. The van der Waals surface area contributed by atoms with Gasteiger partial charge >= 0.3 is 5.91 Å². The molecule has 11 heteroatoms. The molecule has 1 aromatic heterocycles. The minimum absolute atomic E-state index is 0.133. The number of benzene rings is 1. The summed E-state index contributed by atoms with van der Waals surface area (Å²) in [5, 5.41) is 6.61. The molecule has 1 aliphatic rings. The molecule has 3 rings (SSSR count). The SMILES string of the molecule is CC(C)C.COc1cccc2[nH]c(C(=O)NCC(=O)NN(C[C@@H]3CCNC3=O)C(=O)C(C)=O)cc12. The summed E-state index contributed by atoms with van der Waals surface area (Å²) in [6, 6.07) is 6.92. The number of methoxy groups -OCH3 is 1. The zero-order valence-electron chi connectivity index (χ0n) is 20.7. The number of aromatic amines is 1. The molecule has 0 aliphatic carbocycles. The van der Waals surface area contributed by atoms with E-state index in [4.69, 9.17) is 4.74 Å². The van der Waals surface area contributed by atoms with Crippen LogP contribution in [-0.4, -0.2) is 66.1 Å². The Morgan fingerprint density at radius 1 is 1.20 bits per heavy atom. The molecule has 4 amide bonds. The fourth-order valence-corrected chi connectivity index (χ4v) is 3.28. The molecule has 0 spiro atoms. The van der Waals surface area contributed by atoms with Gasteiger partial charge < -0.3 is 20.4 Å². The van der Waals surface area contributed by atoms with Gasteiger partial charge in [0.1, 0.15) is 11.4 Å². The van der Waals surface area contributed by atoms with Gasteiger partial charge in [-0.1, -0.05) is 26.8 Å². The lowest BCUT2D eigenvalue weighted by molar-refractivity contribution is -0.149. The lowest BCUT2D eigenvalue weighted by Gasteiger charge is -2.24. The van der Waals surface area contributed by atoms with Crippen molar-refractivity contribution in [2.24, 2.45) is 11.8 Å². The van der Waals surface area contributed by atoms with E-state index in [0.717, 1.165) is 17.9 Å². The first-order valence-electron chi connectivity index (χ1n) is 11.4. The zero-order chi connectivity index (χ0) is 26.1. The molecule has 0 bridgehead atoms. The van der Waals surface area contributed by atoms with Crippen molar-refractivity contribution in [3.63, 3.8) is 0 Å². The number of nitrogens with one attached hydrogen (secondary N) is 4. The fraction of sp³-hybridized carbons (Fsp3) is 0.458. The van der Waals surface area contributed by atoms with E-state index in [1.165, 1.54) is 7.11 Å². The molecule has 0 unspecified atom stereocenters. The summed E-state index contributed by atoms with van der Waals surface area (Å²) in [4.78, 5) is 63.0. The second-order valence-corrected chi connectivity index (χ2v) is 8.80. The van der Waals surface area contributed by atoms with Crippen molar-refractivity contribution in [3.05, 3.63) is 30.0 Å². The van der Waals surface area contributed by atoms with Crippen LogP contribution in [0.15, 0.2) is 24.3 Å². The molecule has 11 nitrogen and oxygen atoms in total. The maximum absolute atomic E-state index is 12.4. The van der Waals surface area contributed by atoms with E-state index in [1.54, 1.807) is 24.3 Å². The molecular formula is C24H33N5O6. The Balaban J connectivity index is 0.00000100. The first-order chi connectivity index (χ1) is 16.5. The number of fused-ring (bicyclic) bond motifs is 1. The molecule has 1 atom stereocenters. The molecule has 0 radical (unpaired) electrons. The van der Waals surface area contributed by atoms with Crippen molar-refractivity contribution < 1.29 is 28.7 Å². The summed E-state index contributed by atoms with van der Waals surface area (Å²) in [7, 11) is 1.52. The summed E-state index contributed by atoms with van der Waals surface area (Å²) in [6.45, 7) is 7.46. The van der Waals surface area contributed by atoms with Crippen LogP contribution in [0, 0.1) is 11.8 Å². The number of aromatic nitrogens is 1. The molecule has 35 heavy (non-hydrogen) atoms. The van der Waals surface area contributed by atoms with Crippen LogP contribution in [0.3, 0.4) is 0 Å². The first kappa shape index (κ1) is 27.4. The summed E-state index contributed by atoms with van der Waals surface area (Å²) >= 11 is 0. The van der Waals surface area contributed by atoms with E-state index in [1.807, 2.05) is 0 Å². The third kappa shape index (κ3) is 7.83. The van der Waals surface area contributed by atoms with E-state index in [-0.39, 0.29) is 18.1 Å². The Kier molecular flexibility index (Phi) is 9.80. The van der Waals surface area contributed by atoms with Crippen LogP contribution in [-0.2, 0) is 19.2 Å². The average Bonchev–Trinajstić information content (AvgIpc) is 3.42. The number of hydrogen-bond donors (Lipinski definition) is 4. The fourth-order valence-electron chi connectivity index (χ4n) is 3.28. The number of ketones is 1. The molecular weight excluding hydrogens is 454 g/mol. The molecule has 2 heterocycles. The highest BCUT2D eigenvalue weighted by atomic mass is 16.5. The molecule has 1 saturated heterocycles. The largest absolute Gasteiger partial charge is 0.496 e. The van der Waals surface area contributed by atoms with Gasteiger partial charge in [0.15, 0.2) is 0 Å². The average molecular weight is 488 g/mol. The van der Waals surface area contributed by atoms with Crippen LogP contribution in [0.2, 0.25) is 0 Å². The summed E-state index contributed by atoms with van der Waals surface area (Å²) in [5.41, 5.74) is 3.22. The maximum atomic E-state index is 12.4. The minimum Gasteiger partial charge on any atom is -0.496 e. The van der Waals surface area contributed by atoms with E-state index >= 15 is 0 Å². The quantitative estimate of drug-likeness (QED) is 0.340. The molecule has 1 aliphatic heterocycles. The maximum Gasteiger partial charge on any atom is 0.308 e. The number of hydrazine groups is 1. The summed E-state index contributed by atoms with van der Waals surface area (Å²) in [6.07, 6.45) is 0.483. The number of Topliss-reactive ketones (excluding diaryl/α,β-unsaturated/α-hetero) is 1. The topological polar surface area (TPSA) is 150 Å². The lowest BCUT2D eigenvalue weighted by atomic mass is 10.1. The van der Waals surface area contributed by atoms with Crippen LogP contribution >= 0.6 is 0 Å². The number of H-pyrrole nitrogens is 1. The van der Waals surface area contributed by atoms with Gasteiger partial charge in [0.2, 0.25) is 11.7 Å². The number of nitrogens with zero attached hydrogens (tertiary/aromatic N) is 1. The Morgan fingerprint density at radius 3 is 2.46 bits per heavy atom. The van der Waals surface area contributed by atoms with Gasteiger partial charge in [-0.15, -0.1) is 0 Å². The molecule has 1 fully saturated rings. The third-order valence-corrected chi connectivity index (χ3v) is 4.87. The van der Waals surface area contributed by atoms with Crippen molar-refractivity contribution in [2.75, 3.05) is 26.7 Å². The van der Waals surface area contributed by atoms with Gasteiger partial charge in [0.05, 0.1) is 26.1 Å². The highest BCUT2D eigenvalue weighted by Crippen LogP contribution is 2.25. The summed E-state index contributed by atoms with van der Waals surface area (Å²) < 4.78 is 5.26. The van der Waals surface area contributed by atoms with Gasteiger partial charge in [-0.2, -0.15) is 0 Å². The molecule has 4 N–H and O–H groups in total. The minimum atomic E-state index is -0.943. The Bertz CT molecular complexity index is 1090. The lowest BCUT2D eigenvalue weighted by Crippen LogP contribution is -2.53. The van der Waals surface area contributed by atoms with Gasteiger partial charge in [0.25, 0.3) is 11.8 Å². The standard InChI is InChI=1S/C20H23N5O6.C4H10/c1-11(26)20(30)25(10-12-6-7-21-18(12)28)24-17(27)9-22-19(29)15-8-13-14(23-15)4-3-5-16(13)31-2;1-4(2)3/h3-5,8,12,23H,6-7,9-10H2,1-2H3,(H,21,28)(H,22,29)(H,24,27);4H,1-3H3/t12-;/m0./s1. The smallest absolute Gasteiger partial charge is 0.308 e. The van der Waals surface area contributed by atoms with Crippen molar-refractivity contribution >= 4 is 40.3 Å². The number of hydrogen-bond acceptors (Lipinski definition) is 6. The molecule has 0 saturated carbocycles. The van der Waals surface area contributed by atoms with Gasteiger partial charge in [0, 0.05) is 24.4 Å². The monoisotopic (exact) mass is 487 g/mol. The predicted molar refractivity (Wildman–Crippen MR) is 129 cm³/mol. The number of carbonyl (C=O) groups excluding carboxylic acids is 5. The van der Waals surface area contributed by atoms with Crippen molar-refractivity contribution in [1.29, 1.82) is 0 Å². The Labute approximate surface area is 203 Å². The van der Waals surface area contributed by atoms with Crippen LogP contribution in [0.5, 0.6) is 5.75 Å². The van der Waals surface area contributed by atoms with E-state index in [2.05, 4.69) is 41.8 Å². The van der Waals surface area contributed by atoms with Gasteiger partial charge in [-0.05, 0) is 30.5 Å². The van der Waals surface area contributed by atoms with Crippen LogP contribution in [0.4, 0.5) is 0 Å². The highest BCUT2D eigenvalue weighted by molar-refractivity contribution is 6.35. The number of rotatable bonds is 7. The van der Waals surface area contributed by atoms with Gasteiger partial charge in [-0.25, -0.2) is 5.01 Å². The number of ether oxygens (including phenoxy) is 1. The molecule has 190 valence electrons. The normalized spacial score (nSPS) is 14.6. The zero-order valence-corrected chi connectivity index (χ0v) is 20.7.